The van der Waals surface area contributed by atoms with Crippen LogP contribution < -0.4 is 5.14 Å². The average Bonchev–Trinajstić information content (AvgIpc) is 1.77. The number of sulfonamides is 1. The number of primary sulfonamides is 1. The van der Waals surface area contributed by atoms with E-state index in [1.165, 1.54) is 0 Å². The molecule has 10 heteroatoms. The fraction of sp³-hybridized carbons (Fsp3) is 1.00. The highest BCUT2D eigenvalue weighted by atomic mass is 32.2. The van der Waals surface area contributed by atoms with Crippen molar-refractivity contribution in [3.05, 3.63) is 0 Å². The van der Waals surface area contributed by atoms with Gasteiger partial charge < -0.3 is 0 Å². The van der Waals surface area contributed by atoms with Gasteiger partial charge in [0, 0.05) is 0 Å². The number of rotatable bonds is 1. The number of hydrogen-bond donors (Lipinski definition) is 1. The Bertz CT molecular complexity index is 300. The first kappa shape index (κ1) is 13.5. The lowest BCUT2D eigenvalue weighted by Crippen LogP contribution is -2.62. The summed E-state index contributed by atoms with van der Waals surface area (Å²) < 4.78 is 87.1. The summed E-state index contributed by atoms with van der Waals surface area (Å²) in [5, 5.41) is 3.92. The topological polar surface area (TPSA) is 60.2 Å². The highest BCUT2D eigenvalue weighted by Crippen LogP contribution is 2.47. The minimum atomic E-state index is -6.02. The molecule has 2 N–H and O–H groups in total. The Balaban J connectivity index is 5.81. The van der Waals surface area contributed by atoms with Crippen molar-refractivity contribution in [1.29, 1.82) is 0 Å². The minimum Gasteiger partial charge on any atom is -0.228 e. The molecule has 14 heavy (non-hydrogen) atoms. The highest BCUT2D eigenvalue weighted by molar-refractivity contribution is 7.90. The molecule has 0 rings (SSSR count). The van der Waals surface area contributed by atoms with E-state index < -0.39 is 34.0 Å². The SMILES string of the molecule is CC(C(F)(F)F)(C(F)(F)F)S(N)(=O)=O. The van der Waals surface area contributed by atoms with Crippen molar-refractivity contribution < 1.29 is 34.8 Å². The van der Waals surface area contributed by atoms with Crippen LogP contribution >= 0.6 is 0 Å². The van der Waals surface area contributed by atoms with E-state index in [0.717, 1.165) is 0 Å². The van der Waals surface area contributed by atoms with Gasteiger partial charge in [0.1, 0.15) is 0 Å². The number of halogens is 6. The Hall–Kier alpha value is -0.510. The van der Waals surface area contributed by atoms with Gasteiger partial charge in [0.15, 0.2) is 0 Å². The Labute approximate surface area is 74.9 Å². The highest BCUT2D eigenvalue weighted by Gasteiger charge is 2.74. The van der Waals surface area contributed by atoms with Crippen LogP contribution in [0.2, 0.25) is 0 Å². The second-order valence-corrected chi connectivity index (χ2v) is 4.48. The van der Waals surface area contributed by atoms with Gasteiger partial charge in [-0.05, 0) is 6.92 Å². The van der Waals surface area contributed by atoms with E-state index in [4.69, 9.17) is 0 Å². The first-order valence-electron chi connectivity index (χ1n) is 2.91. The van der Waals surface area contributed by atoms with E-state index in [9.17, 15) is 34.8 Å². The molecule has 0 heterocycles. The zero-order valence-corrected chi connectivity index (χ0v) is 7.39. The largest absolute Gasteiger partial charge is 0.418 e. The molecule has 3 nitrogen and oxygen atoms in total. The molecule has 0 aromatic heterocycles. The van der Waals surface area contributed by atoms with Crippen LogP contribution in [0.15, 0.2) is 0 Å². The van der Waals surface area contributed by atoms with Crippen molar-refractivity contribution in [2.75, 3.05) is 0 Å². The molecule has 0 aromatic rings. The third-order valence-corrected chi connectivity index (χ3v) is 3.25. The summed E-state index contributed by atoms with van der Waals surface area (Å²) >= 11 is 0. The average molecular weight is 245 g/mol. The van der Waals surface area contributed by atoms with Gasteiger partial charge in [-0.3, -0.25) is 0 Å². The van der Waals surface area contributed by atoms with Crippen molar-refractivity contribution in [2.24, 2.45) is 5.14 Å². The summed E-state index contributed by atoms with van der Waals surface area (Å²) in [5.74, 6) is 0. The number of nitrogens with two attached hydrogens (primary N) is 1. The van der Waals surface area contributed by atoms with Gasteiger partial charge in [0.25, 0.3) is 4.75 Å². The molecule has 0 fully saturated rings. The van der Waals surface area contributed by atoms with Gasteiger partial charge in [-0.1, -0.05) is 0 Å². The zero-order chi connectivity index (χ0) is 12.0. The Morgan fingerprint density at radius 2 is 1.14 bits per heavy atom. The van der Waals surface area contributed by atoms with E-state index in [1.54, 1.807) is 0 Å². The van der Waals surface area contributed by atoms with Crippen LogP contribution in [0.4, 0.5) is 26.3 Å². The minimum absolute atomic E-state index is 0.525. The Morgan fingerprint density at radius 3 is 1.14 bits per heavy atom. The molecule has 0 atom stereocenters. The maximum absolute atomic E-state index is 11.9. The summed E-state index contributed by atoms with van der Waals surface area (Å²) in [6.07, 6.45) is -12.0. The van der Waals surface area contributed by atoms with Crippen LogP contribution in [-0.4, -0.2) is 25.5 Å². The van der Waals surface area contributed by atoms with E-state index in [0.29, 0.717) is 0 Å². The molecular weight excluding hydrogens is 240 g/mol. The number of alkyl halides is 6. The first-order chi connectivity index (χ1) is 5.75. The predicted octanol–water partition coefficient (Wildman–Crippen LogP) is 1.16. The second-order valence-electron chi connectivity index (χ2n) is 2.57. The van der Waals surface area contributed by atoms with Crippen molar-refractivity contribution in [2.45, 2.75) is 24.0 Å². The number of hydrogen-bond acceptors (Lipinski definition) is 2. The van der Waals surface area contributed by atoms with Crippen LogP contribution in [0.25, 0.3) is 0 Å². The molecule has 0 aliphatic carbocycles. The lowest BCUT2D eigenvalue weighted by molar-refractivity contribution is -0.261. The lowest BCUT2D eigenvalue weighted by atomic mass is 10.1. The smallest absolute Gasteiger partial charge is 0.228 e. The third-order valence-electron chi connectivity index (χ3n) is 1.65. The van der Waals surface area contributed by atoms with Crippen LogP contribution in [0, 0.1) is 0 Å². The van der Waals surface area contributed by atoms with Gasteiger partial charge in [-0.25, -0.2) is 13.6 Å². The Morgan fingerprint density at radius 1 is 0.929 bits per heavy atom. The summed E-state index contributed by atoms with van der Waals surface area (Å²) in [6, 6.07) is 0. The summed E-state index contributed by atoms with van der Waals surface area (Å²) in [6.45, 7) is -0.525. The lowest BCUT2D eigenvalue weighted by Gasteiger charge is -2.31. The molecule has 0 aliphatic heterocycles. The van der Waals surface area contributed by atoms with Gasteiger partial charge in [0.05, 0.1) is 0 Å². The van der Waals surface area contributed by atoms with Crippen LogP contribution in [0.3, 0.4) is 0 Å². The monoisotopic (exact) mass is 245 g/mol. The van der Waals surface area contributed by atoms with Gasteiger partial charge >= 0.3 is 12.4 Å². The normalized spacial score (nSPS) is 15.7. The van der Waals surface area contributed by atoms with Crippen LogP contribution in [0.5, 0.6) is 0 Å². The maximum Gasteiger partial charge on any atom is 0.418 e. The summed E-state index contributed by atoms with van der Waals surface area (Å²) in [7, 11) is -5.83. The van der Waals surface area contributed by atoms with Crippen molar-refractivity contribution in [1.82, 2.24) is 0 Å². The van der Waals surface area contributed by atoms with Gasteiger partial charge in [0.2, 0.25) is 10.0 Å². The van der Waals surface area contributed by atoms with Crippen LogP contribution in [-0.2, 0) is 10.0 Å². The molecule has 0 saturated heterocycles. The molecule has 0 unspecified atom stereocenters. The molecule has 0 radical (unpaired) electrons. The molecule has 0 bridgehead atoms. The first-order valence-corrected chi connectivity index (χ1v) is 4.45. The summed E-state index contributed by atoms with van der Waals surface area (Å²) in [5.41, 5.74) is 0. The standard InChI is InChI=1S/C4H5F6NO2S/c1-2(3(5,6)7,4(8,9)10)14(11,12)13/h1H3,(H2,11,12,13). The molecule has 0 aliphatic rings. The second kappa shape index (κ2) is 2.99. The summed E-state index contributed by atoms with van der Waals surface area (Å²) in [4.78, 5) is 0. The fourth-order valence-electron chi connectivity index (χ4n) is 0.483. The van der Waals surface area contributed by atoms with E-state index >= 15 is 0 Å². The zero-order valence-electron chi connectivity index (χ0n) is 6.57. The van der Waals surface area contributed by atoms with E-state index in [1.807, 2.05) is 0 Å². The molecule has 0 spiro atoms. The third kappa shape index (κ3) is 1.80. The molecule has 86 valence electrons. The van der Waals surface area contributed by atoms with Gasteiger partial charge in [-0.2, -0.15) is 26.3 Å². The Kier molecular flexibility index (Phi) is 2.88. The fourth-order valence-corrected chi connectivity index (χ4v) is 1.13. The van der Waals surface area contributed by atoms with Crippen molar-refractivity contribution >= 4 is 10.0 Å². The quantitative estimate of drug-likeness (QED) is 0.704. The van der Waals surface area contributed by atoms with Gasteiger partial charge in [-0.15, -0.1) is 0 Å². The molecule has 0 aromatic carbocycles. The predicted molar refractivity (Wildman–Crippen MR) is 33.6 cm³/mol. The van der Waals surface area contributed by atoms with E-state index in [2.05, 4.69) is 5.14 Å². The van der Waals surface area contributed by atoms with Crippen molar-refractivity contribution in [3.8, 4) is 0 Å². The maximum atomic E-state index is 11.9. The molecule has 0 saturated carbocycles. The molecule has 0 amide bonds. The van der Waals surface area contributed by atoms with Crippen LogP contribution in [0.1, 0.15) is 6.92 Å². The molecular formula is C4H5F6NO2S. The van der Waals surface area contributed by atoms with Crippen molar-refractivity contribution in [3.63, 3.8) is 0 Å². The van der Waals surface area contributed by atoms with E-state index in [-0.39, 0.29) is 0 Å².